The fraction of sp³-hybridized carbons (Fsp3) is 0.458. The standard InChI is InChI=1S/C11H19N3OS.C8H10FN.C5H5NO/c1-11(9(15)13-10(12)16-11)7-8-3-5-14(2)6-4-8;9-8-3-1-7(2-4-8)5-6-10;7-4-5-2-1-3-6-5/h8H,3-7H2,1-2H3,(H2,12,13,15);1-4H,5-6,10H2;1-4,6H/t11-;;/m1../s1. The van der Waals surface area contributed by atoms with Crippen LogP contribution in [0.3, 0.4) is 0 Å². The van der Waals surface area contributed by atoms with Gasteiger partial charge in [-0.3, -0.25) is 9.59 Å². The number of carbonyl (C=O) groups is 2. The minimum absolute atomic E-state index is 0.0473. The molecule has 1 saturated heterocycles. The van der Waals surface area contributed by atoms with Gasteiger partial charge in [0.15, 0.2) is 11.5 Å². The minimum atomic E-state index is -0.398. The first-order valence-corrected chi connectivity index (χ1v) is 11.9. The van der Waals surface area contributed by atoms with Crippen molar-refractivity contribution < 1.29 is 14.0 Å². The third kappa shape index (κ3) is 9.11. The van der Waals surface area contributed by atoms with Crippen molar-refractivity contribution >= 4 is 29.1 Å². The molecule has 7 nitrogen and oxygen atoms in total. The number of amides is 1. The molecule has 9 heteroatoms. The monoisotopic (exact) mass is 475 g/mol. The van der Waals surface area contributed by atoms with Gasteiger partial charge < -0.3 is 21.4 Å². The fourth-order valence-electron chi connectivity index (χ4n) is 3.70. The second-order valence-corrected chi connectivity index (χ2v) is 9.97. The van der Waals surface area contributed by atoms with E-state index in [0.717, 1.165) is 37.8 Å². The number of halogens is 1. The summed E-state index contributed by atoms with van der Waals surface area (Å²) in [5.74, 6) is 0.397. The number of likely N-dealkylation sites (tertiary alicyclic amines) is 1. The smallest absolute Gasteiger partial charge is 0.264 e. The van der Waals surface area contributed by atoms with Crippen LogP contribution in [0.5, 0.6) is 0 Å². The van der Waals surface area contributed by atoms with Gasteiger partial charge in [-0.2, -0.15) is 4.99 Å². The zero-order valence-corrected chi connectivity index (χ0v) is 20.1. The van der Waals surface area contributed by atoms with Crippen molar-refractivity contribution in [1.29, 1.82) is 0 Å². The largest absolute Gasteiger partial charge is 0.378 e. The van der Waals surface area contributed by atoms with Crippen LogP contribution in [-0.2, 0) is 11.2 Å². The average Bonchev–Trinajstić information content (AvgIpc) is 3.40. The van der Waals surface area contributed by atoms with Gasteiger partial charge in [0.1, 0.15) is 10.6 Å². The van der Waals surface area contributed by atoms with Gasteiger partial charge in [-0.15, -0.1) is 0 Å². The summed E-state index contributed by atoms with van der Waals surface area (Å²) >= 11 is 1.44. The number of carbonyl (C=O) groups excluding carboxylic acids is 2. The Labute approximate surface area is 199 Å². The topological polar surface area (TPSA) is 118 Å². The van der Waals surface area contributed by atoms with Crippen molar-refractivity contribution in [1.82, 2.24) is 9.88 Å². The summed E-state index contributed by atoms with van der Waals surface area (Å²) in [6.45, 7) is 4.86. The lowest BCUT2D eigenvalue weighted by Crippen LogP contribution is -2.36. The lowest BCUT2D eigenvalue weighted by Gasteiger charge is -2.32. The number of piperidine rings is 1. The summed E-state index contributed by atoms with van der Waals surface area (Å²) in [6.07, 6.45) is 6.58. The van der Waals surface area contributed by atoms with Crippen LogP contribution in [0.25, 0.3) is 0 Å². The number of aromatic nitrogens is 1. The third-order valence-electron chi connectivity index (χ3n) is 5.61. The Morgan fingerprint density at radius 2 is 1.94 bits per heavy atom. The maximum atomic E-state index is 12.3. The van der Waals surface area contributed by atoms with Gasteiger partial charge in [-0.1, -0.05) is 23.9 Å². The van der Waals surface area contributed by atoms with Crippen LogP contribution in [0.1, 0.15) is 42.2 Å². The molecule has 0 saturated carbocycles. The van der Waals surface area contributed by atoms with E-state index in [4.69, 9.17) is 11.5 Å². The second-order valence-electron chi connectivity index (χ2n) is 8.45. The predicted molar refractivity (Wildman–Crippen MR) is 133 cm³/mol. The average molecular weight is 476 g/mol. The molecular formula is C24H34FN5O2S. The number of aliphatic imine (C=N–C) groups is 1. The van der Waals surface area contributed by atoms with E-state index < -0.39 is 4.75 Å². The molecule has 2 aliphatic rings. The predicted octanol–water partition coefficient (Wildman–Crippen LogP) is 3.22. The van der Waals surface area contributed by atoms with Crippen molar-refractivity contribution in [2.75, 3.05) is 26.7 Å². The van der Waals surface area contributed by atoms with Crippen molar-refractivity contribution in [3.05, 3.63) is 59.7 Å². The maximum absolute atomic E-state index is 12.3. The van der Waals surface area contributed by atoms with Crippen molar-refractivity contribution in [3.63, 3.8) is 0 Å². The highest BCUT2D eigenvalue weighted by Crippen LogP contribution is 2.39. The summed E-state index contributed by atoms with van der Waals surface area (Å²) in [6, 6.07) is 9.90. The molecule has 3 heterocycles. The van der Waals surface area contributed by atoms with E-state index in [0.29, 0.717) is 23.3 Å². The molecule has 1 amide bonds. The lowest BCUT2D eigenvalue weighted by molar-refractivity contribution is -0.119. The van der Waals surface area contributed by atoms with Gasteiger partial charge in [0.25, 0.3) is 5.91 Å². The number of nitrogens with one attached hydrogen (secondary N) is 1. The second kappa shape index (κ2) is 13.3. The normalized spacial score (nSPS) is 20.8. The summed E-state index contributed by atoms with van der Waals surface area (Å²) in [4.78, 5) is 30.5. The van der Waals surface area contributed by atoms with Crippen molar-refractivity contribution in [3.8, 4) is 0 Å². The summed E-state index contributed by atoms with van der Waals surface area (Å²) in [7, 11) is 2.15. The summed E-state index contributed by atoms with van der Waals surface area (Å²) < 4.78 is 11.9. The maximum Gasteiger partial charge on any atom is 0.264 e. The molecule has 2 aliphatic heterocycles. The van der Waals surface area contributed by atoms with Gasteiger partial charge in [-0.05, 0) is 95.0 Å². The number of H-pyrrole nitrogens is 1. The molecule has 0 spiro atoms. The van der Waals surface area contributed by atoms with Crippen LogP contribution in [-0.4, -0.2) is 58.7 Å². The van der Waals surface area contributed by atoms with E-state index in [9.17, 15) is 14.0 Å². The Hall–Kier alpha value is -2.49. The molecule has 0 radical (unpaired) electrons. The molecule has 180 valence electrons. The van der Waals surface area contributed by atoms with Crippen LogP contribution in [0.4, 0.5) is 4.39 Å². The van der Waals surface area contributed by atoms with E-state index in [-0.39, 0.29) is 11.7 Å². The van der Waals surface area contributed by atoms with Gasteiger partial charge >= 0.3 is 0 Å². The first-order chi connectivity index (χ1) is 15.8. The van der Waals surface area contributed by atoms with Gasteiger partial charge in [0.2, 0.25) is 0 Å². The van der Waals surface area contributed by atoms with Gasteiger partial charge in [0.05, 0.1) is 5.69 Å². The summed E-state index contributed by atoms with van der Waals surface area (Å²) in [5, 5.41) is 0.431. The molecule has 1 aromatic carbocycles. The number of aldehydes is 1. The summed E-state index contributed by atoms with van der Waals surface area (Å²) in [5.41, 5.74) is 12.6. The quantitative estimate of drug-likeness (QED) is 0.572. The highest BCUT2D eigenvalue weighted by Gasteiger charge is 2.42. The molecular weight excluding hydrogens is 441 g/mol. The van der Waals surface area contributed by atoms with E-state index in [2.05, 4.69) is 21.9 Å². The molecule has 4 rings (SSSR count). The molecule has 33 heavy (non-hydrogen) atoms. The van der Waals surface area contributed by atoms with E-state index in [1.165, 1.54) is 36.7 Å². The Balaban J connectivity index is 0.000000193. The van der Waals surface area contributed by atoms with E-state index >= 15 is 0 Å². The van der Waals surface area contributed by atoms with Crippen LogP contribution in [0.15, 0.2) is 47.6 Å². The molecule has 5 N–H and O–H groups in total. The minimum Gasteiger partial charge on any atom is -0.378 e. The fourth-order valence-corrected chi connectivity index (χ4v) is 4.74. The molecule has 0 bridgehead atoms. The number of hydrogen-bond donors (Lipinski definition) is 3. The van der Waals surface area contributed by atoms with Crippen molar-refractivity contribution in [2.45, 2.75) is 37.4 Å². The van der Waals surface area contributed by atoms with Gasteiger partial charge in [-0.25, -0.2) is 4.39 Å². The Kier molecular flexibility index (Phi) is 10.8. The zero-order valence-electron chi connectivity index (χ0n) is 19.3. The highest BCUT2D eigenvalue weighted by molar-refractivity contribution is 8.16. The molecule has 0 aliphatic carbocycles. The van der Waals surface area contributed by atoms with E-state index in [1.807, 2.05) is 6.92 Å². The van der Waals surface area contributed by atoms with Gasteiger partial charge in [0, 0.05) is 6.20 Å². The third-order valence-corrected chi connectivity index (χ3v) is 6.70. The van der Waals surface area contributed by atoms with Crippen LogP contribution < -0.4 is 11.5 Å². The zero-order chi connectivity index (χ0) is 24.3. The molecule has 0 unspecified atom stereocenters. The number of nitrogens with zero attached hydrogens (tertiary/aromatic N) is 2. The number of hydrogen-bond acceptors (Lipinski definition) is 6. The number of amidine groups is 1. The van der Waals surface area contributed by atoms with Crippen molar-refractivity contribution in [2.24, 2.45) is 22.4 Å². The number of aromatic amines is 1. The lowest BCUT2D eigenvalue weighted by atomic mass is 9.87. The number of rotatable bonds is 5. The molecule has 2 aromatic rings. The Morgan fingerprint density at radius 1 is 1.27 bits per heavy atom. The number of thioether (sulfide) groups is 1. The molecule has 1 atom stereocenters. The highest BCUT2D eigenvalue weighted by atomic mass is 32.2. The first kappa shape index (κ1) is 26.8. The molecule has 1 aromatic heterocycles. The van der Waals surface area contributed by atoms with E-state index in [1.54, 1.807) is 30.5 Å². The molecule has 1 fully saturated rings. The number of nitrogens with two attached hydrogens (primary N) is 2. The number of benzene rings is 1. The van der Waals surface area contributed by atoms with Crippen LogP contribution >= 0.6 is 11.8 Å². The first-order valence-electron chi connectivity index (χ1n) is 11.0. The Morgan fingerprint density at radius 3 is 2.39 bits per heavy atom. The Bertz CT molecular complexity index is 896. The van der Waals surface area contributed by atoms with Crippen LogP contribution in [0, 0.1) is 11.7 Å². The SMILES string of the molecule is CN1CCC(C[C@@]2(C)SC(N)=NC2=O)CC1.NCCc1ccc(F)cc1.O=Cc1ccc[nH]1. The van der Waals surface area contributed by atoms with Crippen LogP contribution in [0.2, 0.25) is 0 Å².